The van der Waals surface area contributed by atoms with Crippen LogP contribution >= 0.6 is 11.6 Å². The number of amides is 1. The fourth-order valence-corrected chi connectivity index (χ4v) is 3.73. The minimum Gasteiger partial charge on any atom is -0.383 e. The summed E-state index contributed by atoms with van der Waals surface area (Å²) in [6.07, 6.45) is 1.46. The van der Waals surface area contributed by atoms with E-state index in [0.717, 1.165) is 16.2 Å². The summed E-state index contributed by atoms with van der Waals surface area (Å²) < 4.78 is 22.9. The van der Waals surface area contributed by atoms with Gasteiger partial charge in [0.2, 0.25) is 5.91 Å². The number of fused-ring (bicyclic) bond motifs is 1. The molecule has 0 aliphatic rings. The number of benzene rings is 2. The number of carbonyl (C=O) groups excluding carboxylic acids is 1. The first-order valence-electron chi connectivity index (χ1n) is 10.3. The number of nitrogens with zero attached hydrogens (tertiary/aromatic N) is 4. The summed E-state index contributed by atoms with van der Waals surface area (Å²) in [5.41, 5.74) is -0.309. The lowest BCUT2D eigenvalue weighted by atomic mass is 10.2. The molecule has 176 valence electrons. The number of ether oxygens (including phenoxy) is 1. The van der Waals surface area contributed by atoms with Gasteiger partial charge >= 0.3 is 5.69 Å². The number of imidazole rings is 1. The van der Waals surface area contributed by atoms with Crippen molar-refractivity contribution in [3.63, 3.8) is 0 Å². The van der Waals surface area contributed by atoms with E-state index in [1.807, 2.05) is 30.3 Å². The lowest BCUT2D eigenvalue weighted by Crippen LogP contribution is -2.43. The number of anilines is 1. The predicted molar refractivity (Wildman–Crippen MR) is 126 cm³/mol. The Morgan fingerprint density at radius 3 is 2.62 bits per heavy atom. The molecule has 0 spiro atoms. The first kappa shape index (κ1) is 23.4. The second-order valence-electron chi connectivity index (χ2n) is 7.52. The van der Waals surface area contributed by atoms with Crippen LogP contribution in [-0.2, 0) is 29.2 Å². The SMILES string of the molecule is COCCn1cnc2c1c(=O)n(CC(=O)Nc1ccc(Cl)cc1F)c(=O)n2Cc1ccccc1. The highest BCUT2D eigenvalue weighted by molar-refractivity contribution is 6.30. The molecule has 4 aromatic rings. The normalized spacial score (nSPS) is 11.1. The molecule has 0 aliphatic heterocycles. The van der Waals surface area contributed by atoms with E-state index in [2.05, 4.69) is 10.3 Å². The number of hydrogen-bond donors (Lipinski definition) is 1. The second-order valence-corrected chi connectivity index (χ2v) is 7.96. The van der Waals surface area contributed by atoms with Crippen molar-refractivity contribution in [1.82, 2.24) is 18.7 Å². The summed E-state index contributed by atoms with van der Waals surface area (Å²) in [5.74, 6) is -1.48. The number of rotatable bonds is 8. The molecule has 0 bridgehead atoms. The molecule has 0 fully saturated rings. The fourth-order valence-electron chi connectivity index (χ4n) is 3.57. The Morgan fingerprint density at radius 2 is 1.91 bits per heavy atom. The Labute approximate surface area is 198 Å². The Bertz CT molecular complexity index is 1460. The lowest BCUT2D eigenvalue weighted by Gasteiger charge is -2.13. The molecule has 0 saturated carbocycles. The molecule has 11 heteroatoms. The van der Waals surface area contributed by atoms with Crippen molar-refractivity contribution in [1.29, 1.82) is 0 Å². The highest BCUT2D eigenvalue weighted by Crippen LogP contribution is 2.18. The molecule has 0 saturated heterocycles. The third kappa shape index (κ3) is 4.78. The smallest absolute Gasteiger partial charge is 0.333 e. The molecule has 0 atom stereocenters. The third-order valence-corrected chi connectivity index (χ3v) is 5.45. The Hall–Kier alpha value is -3.76. The zero-order valence-corrected chi connectivity index (χ0v) is 19.0. The third-order valence-electron chi connectivity index (χ3n) is 5.21. The van der Waals surface area contributed by atoms with E-state index < -0.39 is 29.5 Å². The Kier molecular flexibility index (Phi) is 6.90. The topological polar surface area (TPSA) is 100 Å². The summed E-state index contributed by atoms with van der Waals surface area (Å²) in [5, 5.41) is 2.55. The van der Waals surface area contributed by atoms with Crippen LogP contribution in [0.15, 0.2) is 64.4 Å². The van der Waals surface area contributed by atoms with Gasteiger partial charge in [0, 0.05) is 18.7 Å². The van der Waals surface area contributed by atoms with E-state index >= 15 is 0 Å². The first-order valence-corrected chi connectivity index (χ1v) is 10.7. The summed E-state index contributed by atoms with van der Waals surface area (Å²) >= 11 is 5.75. The number of hydrogen-bond acceptors (Lipinski definition) is 5. The van der Waals surface area contributed by atoms with Crippen LogP contribution in [0.5, 0.6) is 0 Å². The molecule has 1 amide bonds. The van der Waals surface area contributed by atoms with Crippen LogP contribution in [-0.4, -0.2) is 38.3 Å². The molecule has 4 rings (SSSR count). The fraction of sp³-hybridized carbons (Fsp3) is 0.217. The Morgan fingerprint density at radius 1 is 1.15 bits per heavy atom. The van der Waals surface area contributed by atoms with Gasteiger partial charge in [-0.3, -0.25) is 14.2 Å². The van der Waals surface area contributed by atoms with Crippen LogP contribution in [0.25, 0.3) is 11.2 Å². The maximum atomic E-state index is 14.1. The van der Waals surface area contributed by atoms with E-state index in [1.165, 1.54) is 30.1 Å². The molecule has 0 unspecified atom stereocenters. The number of methoxy groups -OCH3 is 1. The second kappa shape index (κ2) is 10.0. The van der Waals surface area contributed by atoms with Gasteiger partial charge in [-0.2, -0.15) is 0 Å². The van der Waals surface area contributed by atoms with Crippen molar-refractivity contribution in [3.05, 3.63) is 92.1 Å². The average molecular weight is 486 g/mol. The van der Waals surface area contributed by atoms with Gasteiger partial charge in [-0.15, -0.1) is 0 Å². The van der Waals surface area contributed by atoms with Crippen LogP contribution in [0.1, 0.15) is 5.56 Å². The summed E-state index contributed by atoms with van der Waals surface area (Å²) in [6.45, 7) is 0.179. The zero-order valence-electron chi connectivity index (χ0n) is 18.2. The first-order chi connectivity index (χ1) is 16.4. The highest BCUT2D eigenvalue weighted by atomic mass is 35.5. The lowest BCUT2D eigenvalue weighted by molar-refractivity contribution is -0.116. The molecule has 1 N–H and O–H groups in total. The molecule has 34 heavy (non-hydrogen) atoms. The van der Waals surface area contributed by atoms with Crippen molar-refractivity contribution in [3.8, 4) is 0 Å². The van der Waals surface area contributed by atoms with Gasteiger partial charge in [-0.05, 0) is 23.8 Å². The molecule has 9 nitrogen and oxygen atoms in total. The van der Waals surface area contributed by atoms with E-state index in [0.29, 0.717) is 13.2 Å². The molecule has 2 aromatic heterocycles. The summed E-state index contributed by atoms with van der Waals surface area (Å²) in [7, 11) is 1.53. The van der Waals surface area contributed by atoms with Crippen LogP contribution in [0.4, 0.5) is 10.1 Å². The standard InChI is InChI=1S/C23H21ClFN5O4/c1-34-10-9-28-14-26-21-20(28)22(32)30(23(33)29(21)12-15-5-3-2-4-6-15)13-19(31)27-18-8-7-16(24)11-17(18)25/h2-8,11,14H,9-10,12-13H2,1H3,(H,27,31). The van der Waals surface area contributed by atoms with E-state index in [4.69, 9.17) is 16.3 Å². The maximum absolute atomic E-state index is 14.1. The maximum Gasteiger partial charge on any atom is 0.333 e. The summed E-state index contributed by atoms with van der Waals surface area (Å²) in [6, 6.07) is 13.0. The predicted octanol–water partition coefficient (Wildman–Crippen LogP) is 2.49. The molecule has 0 radical (unpaired) electrons. The number of aromatic nitrogens is 4. The van der Waals surface area contributed by atoms with Crippen molar-refractivity contribution in [2.75, 3.05) is 19.0 Å². The highest BCUT2D eigenvalue weighted by Gasteiger charge is 2.20. The molecule has 2 aromatic carbocycles. The molecule has 0 aliphatic carbocycles. The van der Waals surface area contributed by atoms with Crippen molar-refractivity contribution >= 4 is 34.4 Å². The van der Waals surface area contributed by atoms with Crippen molar-refractivity contribution < 1.29 is 13.9 Å². The van der Waals surface area contributed by atoms with Gasteiger partial charge in [-0.25, -0.2) is 18.7 Å². The molecular weight excluding hydrogens is 465 g/mol. The zero-order chi connectivity index (χ0) is 24.2. The summed E-state index contributed by atoms with van der Waals surface area (Å²) in [4.78, 5) is 43.5. The van der Waals surface area contributed by atoms with Crippen LogP contribution in [0, 0.1) is 5.82 Å². The van der Waals surface area contributed by atoms with Gasteiger partial charge in [-0.1, -0.05) is 41.9 Å². The number of carbonyl (C=O) groups is 1. The van der Waals surface area contributed by atoms with Gasteiger partial charge in [0.15, 0.2) is 11.2 Å². The quantitative estimate of drug-likeness (QED) is 0.413. The largest absolute Gasteiger partial charge is 0.383 e. The van der Waals surface area contributed by atoms with Gasteiger partial charge < -0.3 is 14.6 Å². The van der Waals surface area contributed by atoms with Gasteiger partial charge in [0.05, 0.1) is 25.2 Å². The minimum atomic E-state index is -0.742. The van der Waals surface area contributed by atoms with Gasteiger partial charge in [0.1, 0.15) is 12.4 Å². The minimum absolute atomic E-state index is 0.113. The van der Waals surface area contributed by atoms with Crippen LogP contribution in [0.3, 0.4) is 0 Å². The molecular formula is C23H21ClFN5O4. The van der Waals surface area contributed by atoms with E-state index in [-0.39, 0.29) is 28.4 Å². The van der Waals surface area contributed by atoms with E-state index in [9.17, 15) is 18.8 Å². The monoisotopic (exact) mass is 485 g/mol. The van der Waals surface area contributed by atoms with Crippen molar-refractivity contribution in [2.45, 2.75) is 19.6 Å². The van der Waals surface area contributed by atoms with Crippen LogP contribution < -0.4 is 16.6 Å². The van der Waals surface area contributed by atoms with E-state index in [1.54, 1.807) is 4.57 Å². The Balaban J connectivity index is 1.77. The number of nitrogens with one attached hydrogen (secondary N) is 1. The molecule has 2 heterocycles. The number of halogens is 2. The average Bonchev–Trinajstić information content (AvgIpc) is 3.24. The van der Waals surface area contributed by atoms with Crippen LogP contribution in [0.2, 0.25) is 5.02 Å². The van der Waals surface area contributed by atoms with Crippen molar-refractivity contribution in [2.24, 2.45) is 0 Å². The van der Waals surface area contributed by atoms with Gasteiger partial charge in [0.25, 0.3) is 5.56 Å².